The standard InChI is InChI=1S/C6H10O7/c7-5(8,3-1-11-3)13-6(9,10)4-2-12-4/h3-4,7-10H,1-2H2. The van der Waals surface area contributed by atoms with Gasteiger partial charge in [-0.15, -0.1) is 0 Å². The van der Waals surface area contributed by atoms with Crippen molar-refractivity contribution in [3.63, 3.8) is 0 Å². The second kappa shape index (κ2) is 2.61. The maximum Gasteiger partial charge on any atom is 0.312 e. The van der Waals surface area contributed by atoms with E-state index in [-0.39, 0.29) is 13.2 Å². The Morgan fingerprint density at radius 2 is 1.23 bits per heavy atom. The molecule has 13 heavy (non-hydrogen) atoms. The molecule has 7 heteroatoms. The van der Waals surface area contributed by atoms with E-state index >= 15 is 0 Å². The zero-order valence-corrected chi connectivity index (χ0v) is 6.58. The summed E-state index contributed by atoms with van der Waals surface area (Å²) in [5.41, 5.74) is 0. The van der Waals surface area contributed by atoms with E-state index in [0.717, 1.165) is 0 Å². The maximum atomic E-state index is 9.10. The van der Waals surface area contributed by atoms with Gasteiger partial charge in [-0.1, -0.05) is 0 Å². The lowest BCUT2D eigenvalue weighted by molar-refractivity contribution is -0.477. The first kappa shape index (κ1) is 9.28. The maximum absolute atomic E-state index is 9.10. The molecule has 0 amide bonds. The zero-order chi connectivity index (χ0) is 9.69. The van der Waals surface area contributed by atoms with Gasteiger partial charge in [0, 0.05) is 0 Å². The highest BCUT2D eigenvalue weighted by atomic mass is 16.9. The van der Waals surface area contributed by atoms with Crippen LogP contribution in [0.15, 0.2) is 0 Å². The molecule has 2 fully saturated rings. The van der Waals surface area contributed by atoms with Crippen molar-refractivity contribution in [3.05, 3.63) is 0 Å². The highest BCUT2D eigenvalue weighted by Gasteiger charge is 2.56. The first-order chi connectivity index (χ1) is 5.92. The fourth-order valence-corrected chi connectivity index (χ4v) is 0.883. The lowest BCUT2D eigenvalue weighted by atomic mass is 10.3. The van der Waals surface area contributed by atoms with Crippen LogP contribution in [0.1, 0.15) is 0 Å². The third-order valence-electron chi connectivity index (χ3n) is 1.81. The van der Waals surface area contributed by atoms with E-state index in [9.17, 15) is 0 Å². The normalized spacial score (nSPS) is 33.2. The Labute approximate surface area is 73.1 Å². The quantitative estimate of drug-likeness (QED) is 0.280. The number of ether oxygens (including phenoxy) is 3. The summed E-state index contributed by atoms with van der Waals surface area (Å²) in [4.78, 5) is 0. The minimum absolute atomic E-state index is 0.106. The summed E-state index contributed by atoms with van der Waals surface area (Å²) in [6, 6.07) is 0. The molecule has 2 unspecified atom stereocenters. The number of aliphatic hydroxyl groups is 4. The predicted octanol–water partition coefficient (Wildman–Crippen LogP) is -2.92. The fraction of sp³-hybridized carbons (Fsp3) is 1.00. The van der Waals surface area contributed by atoms with Gasteiger partial charge in [0.05, 0.1) is 13.2 Å². The molecule has 7 nitrogen and oxygen atoms in total. The van der Waals surface area contributed by atoms with Crippen LogP contribution in [0, 0.1) is 0 Å². The van der Waals surface area contributed by atoms with Crippen molar-refractivity contribution in [1.29, 1.82) is 0 Å². The monoisotopic (exact) mass is 194 g/mol. The first-order valence-corrected chi connectivity index (χ1v) is 3.75. The van der Waals surface area contributed by atoms with Gasteiger partial charge < -0.3 is 29.9 Å². The number of hydrogen-bond donors (Lipinski definition) is 4. The minimum atomic E-state index is -2.69. The van der Waals surface area contributed by atoms with Gasteiger partial charge >= 0.3 is 11.9 Å². The van der Waals surface area contributed by atoms with Crippen molar-refractivity contribution in [2.24, 2.45) is 0 Å². The van der Waals surface area contributed by atoms with Gasteiger partial charge in [-0.2, -0.15) is 0 Å². The van der Waals surface area contributed by atoms with Gasteiger partial charge in [0.25, 0.3) is 0 Å². The van der Waals surface area contributed by atoms with Crippen LogP contribution in [0.3, 0.4) is 0 Å². The van der Waals surface area contributed by atoms with E-state index < -0.39 is 24.2 Å². The van der Waals surface area contributed by atoms with Crippen molar-refractivity contribution >= 4 is 0 Å². The molecule has 2 heterocycles. The first-order valence-electron chi connectivity index (χ1n) is 3.75. The molecule has 0 bridgehead atoms. The van der Waals surface area contributed by atoms with Gasteiger partial charge in [-0.05, 0) is 0 Å². The fourth-order valence-electron chi connectivity index (χ4n) is 0.883. The van der Waals surface area contributed by atoms with Crippen molar-refractivity contribution in [2.75, 3.05) is 13.2 Å². The lowest BCUT2D eigenvalue weighted by Gasteiger charge is -2.27. The summed E-state index contributed by atoms with van der Waals surface area (Å²) in [5.74, 6) is -5.37. The average molecular weight is 194 g/mol. The van der Waals surface area contributed by atoms with Gasteiger partial charge in [-0.25, -0.2) is 0 Å². The molecule has 0 aromatic carbocycles. The largest absolute Gasteiger partial charge is 0.364 e. The van der Waals surface area contributed by atoms with Crippen LogP contribution in [0.4, 0.5) is 0 Å². The van der Waals surface area contributed by atoms with Crippen molar-refractivity contribution in [3.8, 4) is 0 Å². The van der Waals surface area contributed by atoms with Crippen molar-refractivity contribution < 1.29 is 34.6 Å². The molecule has 2 aliphatic heterocycles. The Morgan fingerprint density at radius 1 is 0.923 bits per heavy atom. The Bertz CT molecular complexity index is 183. The highest BCUT2D eigenvalue weighted by Crippen LogP contribution is 2.31. The molecule has 0 aromatic rings. The van der Waals surface area contributed by atoms with Gasteiger partial charge in [0.15, 0.2) is 12.2 Å². The van der Waals surface area contributed by atoms with Crippen LogP contribution in [0.5, 0.6) is 0 Å². The second-order valence-electron chi connectivity index (χ2n) is 3.06. The summed E-state index contributed by atoms with van der Waals surface area (Å²) in [7, 11) is 0. The molecule has 2 aliphatic rings. The molecular formula is C6H10O7. The molecule has 2 rings (SSSR count). The number of rotatable bonds is 4. The van der Waals surface area contributed by atoms with Crippen LogP contribution in [-0.2, 0) is 14.2 Å². The van der Waals surface area contributed by atoms with Crippen LogP contribution >= 0.6 is 0 Å². The topological polar surface area (TPSA) is 115 Å². The molecule has 0 aliphatic carbocycles. The summed E-state index contributed by atoms with van der Waals surface area (Å²) >= 11 is 0. The molecule has 0 spiro atoms. The van der Waals surface area contributed by atoms with Crippen molar-refractivity contribution in [2.45, 2.75) is 24.2 Å². The second-order valence-corrected chi connectivity index (χ2v) is 3.06. The molecule has 76 valence electrons. The molecular weight excluding hydrogens is 184 g/mol. The van der Waals surface area contributed by atoms with Crippen molar-refractivity contribution in [1.82, 2.24) is 0 Å². The van der Waals surface area contributed by atoms with Crippen LogP contribution in [0.25, 0.3) is 0 Å². The molecule has 2 atom stereocenters. The Morgan fingerprint density at radius 3 is 1.46 bits per heavy atom. The third-order valence-corrected chi connectivity index (χ3v) is 1.81. The van der Waals surface area contributed by atoms with E-state index in [1.54, 1.807) is 0 Å². The predicted molar refractivity (Wildman–Crippen MR) is 34.9 cm³/mol. The number of hydrogen-bond acceptors (Lipinski definition) is 7. The van der Waals surface area contributed by atoms with E-state index in [4.69, 9.17) is 20.4 Å². The van der Waals surface area contributed by atoms with Gasteiger partial charge in [0.2, 0.25) is 0 Å². The number of epoxide rings is 2. The Balaban J connectivity index is 1.94. The Kier molecular flexibility index (Phi) is 1.86. The summed E-state index contributed by atoms with van der Waals surface area (Å²) in [6.07, 6.45) is -1.88. The molecule has 2 saturated heterocycles. The van der Waals surface area contributed by atoms with E-state index in [1.807, 2.05) is 0 Å². The van der Waals surface area contributed by atoms with Gasteiger partial charge in [0.1, 0.15) is 0 Å². The van der Waals surface area contributed by atoms with Gasteiger partial charge in [-0.3, -0.25) is 4.74 Å². The lowest BCUT2D eigenvalue weighted by Crippen LogP contribution is -2.51. The highest BCUT2D eigenvalue weighted by molar-refractivity contribution is 4.83. The molecule has 0 radical (unpaired) electrons. The van der Waals surface area contributed by atoms with E-state index in [0.29, 0.717) is 0 Å². The molecule has 0 aromatic heterocycles. The molecule has 0 saturated carbocycles. The van der Waals surface area contributed by atoms with Crippen LogP contribution in [0.2, 0.25) is 0 Å². The van der Waals surface area contributed by atoms with E-state index in [2.05, 4.69) is 14.2 Å². The average Bonchev–Trinajstić information content (AvgIpc) is 2.81. The van der Waals surface area contributed by atoms with E-state index in [1.165, 1.54) is 0 Å². The smallest absolute Gasteiger partial charge is 0.312 e. The summed E-state index contributed by atoms with van der Waals surface area (Å²) in [5, 5.41) is 36.4. The summed E-state index contributed by atoms with van der Waals surface area (Å²) < 4.78 is 13.3. The summed E-state index contributed by atoms with van der Waals surface area (Å²) in [6.45, 7) is 0.212. The van der Waals surface area contributed by atoms with Crippen LogP contribution in [-0.4, -0.2) is 57.8 Å². The third kappa shape index (κ3) is 1.97. The Hall–Kier alpha value is -0.280. The minimum Gasteiger partial charge on any atom is -0.364 e. The van der Waals surface area contributed by atoms with Crippen LogP contribution < -0.4 is 0 Å². The zero-order valence-electron chi connectivity index (χ0n) is 6.58. The SMILES string of the molecule is OC(O)(OC(O)(O)C1CO1)C1CO1. The molecule has 4 N–H and O–H groups in total.